The van der Waals surface area contributed by atoms with Crippen LogP contribution in [0.4, 0.5) is 11.4 Å². The van der Waals surface area contributed by atoms with E-state index in [9.17, 15) is 5.11 Å². The van der Waals surface area contributed by atoms with E-state index < -0.39 is 0 Å². The zero-order chi connectivity index (χ0) is 15.4. The second kappa shape index (κ2) is 6.45. The first kappa shape index (κ1) is 15.1. The quantitative estimate of drug-likeness (QED) is 0.831. The lowest BCUT2D eigenvalue weighted by atomic mass is 10.1. The van der Waals surface area contributed by atoms with Gasteiger partial charge < -0.3 is 20.5 Å². The summed E-state index contributed by atoms with van der Waals surface area (Å²) in [4.78, 5) is 2.35. The maximum Gasteiger partial charge on any atom is 0.120 e. The van der Waals surface area contributed by atoms with Crippen LogP contribution >= 0.6 is 12.2 Å². The highest BCUT2D eigenvalue weighted by atomic mass is 32.1. The number of nitrogens with zero attached hydrogens (tertiary/aromatic N) is 1. The Balaban J connectivity index is 2.57. The molecule has 2 aromatic rings. The van der Waals surface area contributed by atoms with Crippen LogP contribution in [-0.4, -0.2) is 23.7 Å². The van der Waals surface area contributed by atoms with Crippen LogP contribution in [0, 0.1) is 0 Å². The minimum Gasteiger partial charge on any atom is -0.508 e. The summed E-state index contributed by atoms with van der Waals surface area (Å²) in [7, 11) is 1.62. The Morgan fingerprint density at radius 2 is 2.05 bits per heavy atom. The SMILES string of the molecule is CCN(c1cccc(O)c1)c1cc(OC)ccc1C(N)=S. The van der Waals surface area contributed by atoms with Crippen molar-refractivity contribution in [1.29, 1.82) is 0 Å². The number of rotatable bonds is 5. The zero-order valence-corrected chi connectivity index (χ0v) is 12.9. The van der Waals surface area contributed by atoms with Crippen molar-refractivity contribution in [3.63, 3.8) is 0 Å². The summed E-state index contributed by atoms with van der Waals surface area (Å²) in [5, 5.41) is 9.68. The molecule has 0 aliphatic rings. The largest absolute Gasteiger partial charge is 0.508 e. The third-order valence-corrected chi connectivity index (χ3v) is 3.44. The monoisotopic (exact) mass is 302 g/mol. The van der Waals surface area contributed by atoms with Crippen molar-refractivity contribution in [2.75, 3.05) is 18.6 Å². The Kier molecular flexibility index (Phi) is 4.65. The molecule has 0 radical (unpaired) electrons. The summed E-state index contributed by atoms with van der Waals surface area (Å²) in [6.45, 7) is 2.72. The molecule has 2 aromatic carbocycles. The number of nitrogens with two attached hydrogens (primary N) is 1. The van der Waals surface area contributed by atoms with Crippen LogP contribution in [0.5, 0.6) is 11.5 Å². The van der Waals surface area contributed by atoms with Crippen molar-refractivity contribution in [1.82, 2.24) is 0 Å². The van der Waals surface area contributed by atoms with E-state index in [0.717, 1.165) is 22.7 Å². The molecule has 0 spiro atoms. The van der Waals surface area contributed by atoms with E-state index in [1.165, 1.54) is 0 Å². The van der Waals surface area contributed by atoms with Crippen LogP contribution in [0.25, 0.3) is 0 Å². The molecule has 0 saturated heterocycles. The van der Waals surface area contributed by atoms with Gasteiger partial charge in [0, 0.05) is 29.9 Å². The van der Waals surface area contributed by atoms with Crippen LogP contribution < -0.4 is 15.4 Å². The van der Waals surface area contributed by atoms with Crippen LogP contribution in [0.1, 0.15) is 12.5 Å². The summed E-state index contributed by atoms with van der Waals surface area (Å²) >= 11 is 5.13. The van der Waals surface area contributed by atoms with Gasteiger partial charge in [0.2, 0.25) is 0 Å². The van der Waals surface area contributed by atoms with Crippen LogP contribution in [0.2, 0.25) is 0 Å². The average molecular weight is 302 g/mol. The third kappa shape index (κ3) is 3.25. The number of ether oxygens (including phenoxy) is 1. The summed E-state index contributed by atoms with van der Waals surface area (Å²) in [5.74, 6) is 0.939. The topological polar surface area (TPSA) is 58.7 Å². The molecule has 21 heavy (non-hydrogen) atoms. The number of hydrogen-bond acceptors (Lipinski definition) is 4. The van der Waals surface area contributed by atoms with Gasteiger partial charge in [0.15, 0.2) is 0 Å². The highest BCUT2D eigenvalue weighted by Gasteiger charge is 2.15. The third-order valence-electron chi connectivity index (χ3n) is 3.22. The maximum absolute atomic E-state index is 9.68. The molecular formula is C16H18N2O2S. The van der Waals surface area contributed by atoms with Crippen molar-refractivity contribution in [3.8, 4) is 11.5 Å². The van der Waals surface area contributed by atoms with E-state index >= 15 is 0 Å². The van der Waals surface area contributed by atoms with Gasteiger partial charge in [-0.15, -0.1) is 0 Å². The van der Waals surface area contributed by atoms with Crippen molar-refractivity contribution < 1.29 is 9.84 Å². The van der Waals surface area contributed by atoms with Crippen LogP contribution in [0.3, 0.4) is 0 Å². The number of benzene rings is 2. The van der Waals surface area contributed by atoms with Crippen molar-refractivity contribution in [3.05, 3.63) is 48.0 Å². The molecule has 0 heterocycles. The van der Waals surface area contributed by atoms with Crippen LogP contribution in [0.15, 0.2) is 42.5 Å². The normalized spacial score (nSPS) is 10.2. The van der Waals surface area contributed by atoms with E-state index in [1.807, 2.05) is 36.1 Å². The molecule has 0 aliphatic heterocycles. The molecular weight excluding hydrogens is 284 g/mol. The van der Waals surface area contributed by atoms with Gasteiger partial charge in [0.25, 0.3) is 0 Å². The highest BCUT2D eigenvalue weighted by Crippen LogP contribution is 2.33. The van der Waals surface area contributed by atoms with Crippen LogP contribution in [-0.2, 0) is 0 Å². The van der Waals surface area contributed by atoms with Gasteiger partial charge in [-0.3, -0.25) is 0 Å². The smallest absolute Gasteiger partial charge is 0.120 e. The van der Waals surface area contributed by atoms with E-state index in [0.29, 0.717) is 11.5 Å². The lowest BCUT2D eigenvalue weighted by molar-refractivity contribution is 0.415. The summed E-state index contributed by atoms with van der Waals surface area (Å²) in [6.07, 6.45) is 0. The molecule has 0 unspecified atom stereocenters. The fourth-order valence-corrected chi connectivity index (χ4v) is 2.40. The number of anilines is 2. The number of phenolic OH excluding ortho intramolecular Hbond substituents is 1. The minimum atomic E-state index is 0.214. The first-order chi connectivity index (χ1) is 10.1. The van der Waals surface area contributed by atoms with Crippen molar-refractivity contribution in [2.45, 2.75) is 6.92 Å². The number of hydrogen-bond donors (Lipinski definition) is 2. The molecule has 5 heteroatoms. The predicted octanol–water partition coefficient (Wildman–Crippen LogP) is 3.19. The standard InChI is InChI=1S/C16H18N2O2S/c1-3-18(11-5-4-6-12(19)9-11)15-10-13(20-2)7-8-14(15)16(17)21/h4-10,19H,3H2,1-2H3,(H2,17,21). The minimum absolute atomic E-state index is 0.214. The number of aromatic hydroxyl groups is 1. The van der Waals surface area contributed by atoms with Gasteiger partial charge in [-0.05, 0) is 31.2 Å². The Bertz CT molecular complexity index is 658. The lowest BCUT2D eigenvalue weighted by Crippen LogP contribution is -2.21. The van der Waals surface area contributed by atoms with Gasteiger partial charge in [0.1, 0.15) is 16.5 Å². The molecule has 110 valence electrons. The zero-order valence-electron chi connectivity index (χ0n) is 12.0. The molecule has 4 nitrogen and oxygen atoms in total. The van der Waals surface area contributed by atoms with Gasteiger partial charge in [0.05, 0.1) is 12.8 Å². The highest BCUT2D eigenvalue weighted by molar-refractivity contribution is 7.80. The first-order valence-corrected chi connectivity index (χ1v) is 7.02. The van der Waals surface area contributed by atoms with Gasteiger partial charge in [-0.1, -0.05) is 18.3 Å². The molecule has 0 aromatic heterocycles. The second-order valence-corrected chi connectivity index (χ2v) is 4.95. The Morgan fingerprint density at radius 1 is 1.29 bits per heavy atom. The lowest BCUT2D eigenvalue weighted by Gasteiger charge is -2.26. The molecule has 0 bridgehead atoms. The van der Waals surface area contributed by atoms with E-state index in [4.69, 9.17) is 22.7 Å². The summed E-state index contributed by atoms with van der Waals surface area (Å²) in [6, 6.07) is 12.6. The summed E-state index contributed by atoms with van der Waals surface area (Å²) in [5.41, 5.74) is 8.32. The molecule has 2 rings (SSSR count). The average Bonchev–Trinajstić information content (AvgIpc) is 2.47. The van der Waals surface area contributed by atoms with Crippen molar-refractivity contribution >= 4 is 28.6 Å². The van der Waals surface area contributed by atoms with E-state index in [1.54, 1.807) is 25.3 Å². The molecule has 3 N–H and O–H groups in total. The Morgan fingerprint density at radius 3 is 2.62 bits per heavy atom. The fourth-order valence-electron chi connectivity index (χ4n) is 2.22. The molecule has 0 amide bonds. The van der Waals surface area contributed by atoms with Gasteiger partial charge in [-0.25, -0.2) is 0 Å². The second-order valence-electron chi connectivity index (χ2n) is 4.51. The van der Waals surface area contributed by atoms with E-state index in [-0.39, 0.29) is 5.75 Å². The molecule has 0 saturated carbocycles. The number of thiocarbonyl (C=S) groups is 1. The van der Waals surface area contributed by atoms with Gasteiger partial charge in [-0.2, -0.15) is 0 Å². The molecule has 0 aliphatic carbocycles. The fraction of sp³-hybridized carbons (Fsp3) is 0.188. The summed E-state index contributed by atoms with van der Waals surface area (Å²) < 4.78 is 5.28. The number of phenols is 1. The predicted molar refractivity (Wildman–Crippen MR) is 89.7 cm³/mol. The molecule has 0 atom stereocenters. The Hall–Kier alpha value is -2.27. The Labute approximate surface area is 129 Å². The number of methoxy groups -OCH3 is 1. The maximum atomic E-state index is 9.68. The molecule has 0 fully saturated rings. The van der Waals surface area contributed by atoms with Gasteiger partial charge >= 0.3 is 0 Å². The van der Waals surface area contributed by atoms with Crippen molar-refractivity contribution in [2.24, 2.45) is 5.73 Å². The van der Waals surface area contributed by atoms with E-state index in [2.05, 4.69) is 0 Å². The first-order valence-electron chi connectivity index (χ1n) is 6.61.